The van der Waals surface area contributed by atoms with Gasteiger partial charge in [0.2, 0.25) is 0 Å². The maximum absolute atomic E-state index is 13.1. The second-order valence-corrected chi connectivity index (χ2v) is 4.50. The molecule has 1 aromatic heterocycles. The molecule has 0 saturated carbocycles. The molecule has 0 atom stereocenters. The third kappa shape index (κ3) is 2.53. The van der Waals surface area contributed by atoms with Crippen LogP contribution in [0.5, 0.6) is 0 Å². The number of benzene rings is 1. The average Bonchev–Trinajstić information content (AvgIpc) is 2.80. The maximum Gasteiger partial charge on any atom is 0.258 e. The van der Waals surface area contributed by atoms with Crippen LogP contribution in [0, 0.1) is 23.0 Å². The van der Waals surface area contributed by atoms with E-state index in [2.05, 4.69) is 5.32 Å². The van der Waals surface area contributed by atoms with Crippen LogP contribution in [0.1, 0.15) is 15.9 Å². The fourth-order valence-corrected chi connectivity index (χ4v) is 2.16. The first kappa shape index (κ1) is 13.0. The highest BCUT2D eigenvalue weighted by Gasteiger charge is 2.16. The molecule has 0 aliphatic heterocycles. The van der Waals surface area contributed by atoms with Crippen molar-refractivity contribution < 1.29 is 13.6 Å². The van der Waals surface area contributed by atoms with E-state index in [-0.39, 0.29) is 11.3 Å². The van der Waals surface area contributed by atoms with Gasteiger partial charge in [0.25, 0.3) is 5.91 Å². The van der Waals surface area contributed by atoms with Gasteiger partial charge in [-0.2, -0.15) is 5.26 Å². The minimum atomic E-state index is -1.16. The number of rotatable bonds is 2. The number of anilines is 2. The number of nitrogens with one attached hydrogen (secondary N) is 1. The van der Waals surface area contributed by atoms with E-state index >= 15 is 0 Å². The molecule has 0 unspecified atom stereocenters. The molecule has 7 heteroatoms. The van der Waals surface area contributed by atoms with E-state index in [0.29, 0.717) is 10.6 Å². The molecule has 3 N–H and O–H groups in total. The van der Waals surface area contributed by atoms with Crippen LogP contribution in [-0.2, 0) is 0 Å². The third-order valence-corrected chi connectivity index (χ3v) is 3.18. The summed E-state index contributed by atoms with van der Waals surface area (Å²) in [5, 5.41) is 13.2. The second-order valence-electron chi connectivity index (χ2n) is 3.58. The fraction of sp³-hybridized carbons (Fsp3) is 0. The topological polar surface area (TPSA) is 78.9 Å². The molecule has 0 bridgehead atoms. The van der Waals surface area contributed by atoms with Gasteiger partial charge in [-0.15, -0.1) is 11.3 Å². The van der Waals surface area contributed by atoms with Crippen LogP contribution in [0.4, 0.5) is 19.5 Å². The molecule has 0 saturated heterocycles. The van der Waals surface area contributed by atoms with Crippen molar-refractivity contribution in [1.82, 2.24) is 0 Å². The monoisotopic (exact) mass is 279 g/mol. The number of hydrogen-bond acceptors (Lipinski definition) is 4. The Bertz CT molecular complexity index is 691. The zero-order chi connectivity index (χ0) is 14.0. The molecule has 0 aliphatic carbocycles. The Morgan fingerprint density at radius 2 is 2.05 bits per heavy atom. The zero-order valence-electron chi connectivity index (χ0n) is 9.41. The molecule has 1 amide bonds. The van der Waals surface area contributed by atoms with Crippen molar-refractivity contribution in [3.05, 3.63) is 46.3 Å². The van der Waals surface area contributed by atoms with Crippen LogP contribution in [0.15, 0.2) is 23.6 Å². The summed E-state index contributed by atoms with van der Waals surface area (Å²) in [4.78, 5) is 11.9. The predicted molar refractivity (Wildman–Crippen MR) is 67.8 cm³/mol. The van der Waals surface area contributed by atoms with Gasteiger partial charge in [0.15, 0.2) is 11.6 Å². The number of hydrogen-bond donors (Lipinski definition) is 2. The highest BCUT2D eigenvalue weighted by molar-refractivity contribution is 7.14. The minimum Gasteiger partial charge on any atom is -0.398 e. The van der Waals surface area contributed by atoms with Crippen molar-refractivity contribution in [1.29, 1.82) is 5.26 Å². The van der Waals surface area contributed by atoms with Crippen molar-refractivity contribution in [2.45, 2.75) is 0 Å². The number of thiophene rings is 1. The van der Waals surface area contributed by atoms with E-state index in [1.807, 2.05) is 6.07 Å². The highest BCUT2D eigenvalue weighted by Crippen LogP contribution is 2.24. The van der Waals surface area contributed by atoms with Gasteiger partial charge in [-0.3, -0.25) is 4.79 Å². The summed E-state index contributed by atoms with van der Waals surface area (Å²) in [5.41, 5.74) is 5.39. The second kappa shape index (κ2) is 5.04. The molecule has 2 rings (SSSR count). The highest BCUT2D eigenvalue weighted by atomic mass is 32.1. The first-order valence-electron chi connectivity index (χ1n) is 5.06. The van der Waals surface area contributed by atoms with Crippen molar-refractivity contribution in [2.24, 2.45) is 0 Å². The Morgan fingerprint density at radius 3 is 2.74 bits per heavy atom. The third-order valence-electron chi connectivity index (χ3n) is 2.35. The van der Waals surface area contributed by atoms with E-state index in [1.165, 1.54) is 6.07 Å². The summed E-state index contributed by atoms with van der Waals surface area (Å²) < 4.78 is 26.0. The van der Waals surface area contributed by atoms with Crippen LogP contribution >= 0.6 is 11.3 Å². The molecule has 1 aromatic carbocycles. The van der Waals surface area contributed by atoms with Crippen molar-refractivity contribution in [3.8, 4) is 6.07 Å². The lowest BCUT2D eigenvalue weighted by Crippen LogP contribution is -2.14. The van der Waals surface area contributed by atoms with Gasteiger partial charge in [0.05, 0.1) is 11.1 Å². The number of nitrogens with two attached hydrogens (primary N) is 1. The van der Waals surface area contributed by atoms with Gasteiger partial charge in [0, 0.05) is 11.8 Å². The smallest absolute Gasteiger partial charge is 0.258 e. The van der Waals surface area contributed by atoms with Crippen LogP contribution in [0.2, 0.25) is 0 Å². The quantitative estimate of drug-likeness (QED) is 0.829. The minimum absolute atomic E-state index is 0.175. The summed E-state index contributed by atoms with van der Waals surface area (Å²) in [6.45, 7) is 0. The lowest BCUT2D eigenvalue weighted by molar-refractivity contribution is 0.102. The molecule has 0 spiro atoms. The molecule has 2 aromatic rings. The Labute approximate surface area is 111 Å². The van der Waals surface area contributed by atoms with Crippen LogP contribution in [0.25, 0.3) is 0 Å². The van der Waals surface area contributed by atoms with Crippen molar-refractivity contribution in [3.63, 3.8) is 0 Å². The fourth-order valence-electron chi connectivity index (χ4n) is 1.42. The Kier molecular flexibility index (Phi) is 3.44. The van der Waals surface area contributed by atoms with Gasteiger partial charge in [-0.25, -0.2) is 8.78 Å². The SMILES string of the molecule is N#Cc1ccsc1NC(=O)c1cc(F)c(F)cc1N. The number of halogens is 2. The lowest BCUT2D eigenvalue weighted by atomic mass is 10.1. The Hall–Kier alpha value is -2.46. The average molecular weight is 279 g/mol. The molecule has 96 valence electrons. The Morgan fingerprint density at radius 1 is 1.37 bits per heavy atom. The largest absolute Gasteiger partial charge is 0.398 e. The van der Waals surface area contributed by atoms with Crippen molar-refractivity contribution >= 4 is 27.9 Å². The molecule has 4 nitrogen and oxygen atoms in total. The summed E-state index contributed by atoms with van der Waals surface area (Å²) in [7, 11) is 0. The Balaban J connectivity index is 2.31. The van der Waals surface area contributed by atoms with Crippen molar-refractivity contribution in [2.75, 3.05) is 11.1 Å². The standard InChI is InChI=1S/C12H7F2N3OS/c13-8-3-7(10(16)4-9(8)14)11(18)17-12-6(5-15)1-2-19-12/h1-4H,16H2,(H,17,18). The molecule has 1 heterocycles. The van der Waals surface area contributed by atoms with Gasteiger partial charge in [0.1, 0.15) is 11.1 Å². The molecule has 0 fully saturated rings. The van der Waals surface area contributed by atoms with Crippen LogP contribution in [0.3, 0.4) is 0 Å². The number of carbonyl (C=O) groups excluding carboxylic acids is 1. The summed E-state index contributed by atoms with van der Waals surface area (Å²) in [5.74, 6) is -2.98. The maximum atomic E-state index is 13.1. The van der Waals surface area contributed by atoms with E-state index in [4.69, 9.17) is 11.0 Å². The molecule has 19 heavy (non-hydrogen) atoms. The first-order chi connectivity index (χ1) is 9.02. The van der Waals surface area contributed by atoms with E-state index in [9.17, 15) is 13.6 Å². The predicted octanol–water partition coefficient (Wildman–Crippen LogP) is 2.73. The molecular formula is C12H7F2N3OS. The van der Waals surface area contributed by atoms with E-state index < -0.39 is 17.5 Å². The summed E-state index contributed by atoms with van der Waals surface area (Å²) in [6, 6.07) is 4.90. The summed E-state index contributed by atoms with van der Waals surface area (Å²) in [6.07, 6.45) is 0. The van der Waals surface area contributed by atoms with Gasteiger partial charge in [-0.1, -0.05) is 0 Å². The number of nitriles is 1. The number of amides is 1. The van der Waals surface area contributed by atoms with E-state index in [0.717, 1.165) is 23.5 Å². The molecule has 0 radical (unpaired) electrons. The summed E-state index contributed by atoms with van der Waals surface area (Å²) >= 11 is 1.15. The van der Waals surface area contributed by atoms with Crippen LogP contribution in [-0.4, -0.2) is 5.91 Å². The van der Waals surface area contributed by atoms with Gasteiger partial charge < -0.3 is 11.1 Å². The molecule has 0 aliphatic rings. The zero-order valence-corrected chi connectivity index (χ0v) is 10.2. The van der Waals surface area contributed by atoms with E-state index in [1.54, 1.807) is 5.38 Å². The van der Waals surface area contributed by atoms with Gasteiger partial charge in [-0.05, 0) is 17.5 Å². The van der Waals surface area contributed by atoms with Crippen LogP contribution < -0.4 is 11.1 Å². The van der Waals surface area contributed by atoms with Gasteiger partial charge >= 0.3 is 0 Å². The molecular weight excluding hydrogens is 272 g/mol. The number of nitrogens with zero attached hydrogens (tertiary/aromatic N) is 1. The first-order valence-corrected chi connectivity index (χ1v) is 5.94. The number of carbonyl (C=O) groups is 1. The number of nitrogen functional groups attached to an aromatic ring is 1. The normalized spacial score (nSPS) is 9.95. The lowest BCUT2D eigenvalue weighted by Gasteiger charge is -2.07.